The summed E-state index contributed by atoms with van der Waals surface area (Å²) in [7, 11) is 1.71. The van der Waals surface area contributed by atoms with E-state index in [1.54, 1.807) is 7.11 Å². The van der Waals surface area contributed by atoms with Crippen LogP contribution in [0.15, 0.2) is 24.3 Å². The average Bonchev–Trinajstić information content (AvgIpc) is 2.67. The summed E-state index contributed by atoms with van der Waals surface area (Å²) in [6.45, 7) is 0.359. The van der Waals surface area contributed by atoms with Crippen LogP contribution in [0.1, 0.15) is 42.5 Å². The van der Waals surface area contributed by atoms with Crippen molar-refractivity contribution in [2.45, 2.75) is 44.2 Å². The van der Waals surface area contributed by atoms with Crippen molar-refractivity contribution in [1.29, 1.82) is 0 Å². The molecule has 2 aliphatic rings. The lowest BCUT2D eigenvalue weighted by molar-refractivity contribution is -0.384. The number of rotatable bonds is 6. The van der Waals surface area contributed by atoms with Crippen molar-refractivity contribution in [1.82, 2.24) is 10.6 Å². The van der Waals surface area contributed by atoms with Crippen molar-refractivity contribution in [2.24, 2.45) is 11.8 Å². The van der Waals surface area contributed by atoms with E-state index >= 15 is 0 Å². The normalized spacial score (nSPS) is 27.4. The molecule has 27 heavy (non-hydrogen) atoms. The number of piperidine rings is 1. The van der Waals surface area contributed by atoms with Crippen LogP contribution in [-0.2, 0) is 9.53 Å². The molecule has 8 heteroatoms. The maximum Gasteiger partial charge on any atom is 0.270 e. The molecule has 0 bridgehead atoms. The van der Waals surface area contributed by atoms with Gasteiger partial charge in [0.1, 0.15) is 0 Å². The van der Waals surface area contributed by atoms with E-state index < -0.39 is 4.92 Å². The highest BCUT2D eigenvalue weighted by Gasteiger charge is 2.39. The number of carbonyl (C=O) groups excluding carboxylic acids is 2. The first kappa shape index (κ1) is 19.3. The Balaban J connectivity index is 1.49. The average molecular weight is 375 g/mol. The molecule has 1 aliphatic heterocycles. The Kier molecular flexibility index (Phi) is 6.05. The number of nitrogens with zero attached hydrogens (tertiary/aromatic N) is 1. The molecular weight excluding hydrogens is 350 g/mol. The maximum atomic E-state index is 12.4. The Morgan fingerprint density at radius 1 is 1.37 bits per heavy atom. The van der Waals surface area contributed by atoms with Crippen molar-refractivity contribution >= 4 is 17.5 Å². The molecule has 1 heterocycles. The van der Waals surface area contributed by atoms with Gasteiger partial charge in [-0.3, -0.25) is 19.7 Å². The van der Waals surface area contributed by atoms with Crippen molar-refractivity contribution in [2.75, 3.05) is 13.7 Å². The first-order valence-corrected chi connectivity index (χ1v) is 9.33. The quantitative estimate of drug-likeness (QED) is 0.584. The number of methoxy groups -OCH3 is 1. The van der Waals surface area contributed by atoms with E-state index in [0.717, 1.165) is 25.7 Å². The Morgan fingerprint density at radius 3 is 2.93 bits per heavy atom. The monoisotopic (exact) mass is 375 g/mol. The molecule has 1 saturated carbocycles. The van der Waals surface area contributed by atoms with Gasteiger partial charge < -0.3 is 15.4 Å². The predicted molar refractivity (Wildman–Crippen MR) is 98.2 cm³/mol. The third-order valence-corrected chi connectivity index (χ3v) is 5.66. The molecule has 1 aromatic rings. The third kappa shape index (κ3) is 4.63. The van der Waals surface area contributed by atoms with Crippen molar-refractivity contribution in [3.63, 3.8) is 0 Å². The molecule has 2 N–H and O–H groups in total. The highest BCUT2D eigenvalue weighted by Crippen LogP contribution is 2.35. The largest absolute Gasteiger partial charge is 0.381 e. The first-order valence-electron chi connectivity index (χ1n) is 9.33. The number of hydrogen-bond donors (Lipinski definition) is 2. The summed E-state index contributed by atoms with van der Waals surface area (Å²) < 4.78 is 5.42. The lowest BCUT2D eigenvalue weighted by Gasteiger charge is -2.41. The Bertz CT molecular complexity index is 723. The second kappa shape index (κ2) is 8.47. The summed E-state index contributed by atoms with van der Waals surface area (Å²) in [6.07, 6.45) is 4.54. The number of hydrogen-bond acceptors (Lipinski definition) is 5. The topological polar surface area (TPSA) is 111 Å². The molecule has 1 aromatic carbocycles. The predicted octanol–water partition coefficient (Wildman–Crippen LogP) is 2.03. The molecular formula is C19H25N3O5. The summed E-state index contributed by atoms with van der Waals surface area (Å²) >= 11 is 0. The van der Waals surface area contributed by atoms with Gasteiger partial charge in [-0.2, -0.15) is 0 Å². The van der Waals surface area contributed by atoms with E-state index in [4.69, 9.17) is 4.74 Å². The number of nitrogens with one attached hydrogen (secondary N) is 2. The lowest BCUT2D eigenvalue weighted by atomic mass is 9.74. The molecule has 2 amide bonds. The van der Waals surface area contributed by atoms with Gasteiger partial charge in [0, 0.05) is 43.3 Å². The first-order chi connectivity index (χ1) is 13.0. The van der Waals surface area contributed by atoms with Crippen LogP contribution >= 0.6 is 0 Å². The van der Waals surface area contributed by atoms with E-state index in [1.165, 1.54) is 24.3 Å². The summed E-state index contributed by atoms with van der Waals surface area (Å²) in [6, 6.07) is 5.80. The number of fused-ring (bicyclic) bond motifs is 1. The van der Waals surface area contributed by atoms with Crippen molar-refractivity contribution in [3.8, 4) is 0 Å². The molecule has 1 aliphatic carbocycles. The van der Waals surface area contributed by atoms with Gasteiger partial charge in [-0.1, -0.05) is 6.07 Å². The number of amides is 2. The van der Waals surface area contributed by atoms with Crippen LogP contribution < -0.4 is 10.6 Å². The Morgan fingerprint density at radius 2 is 2.19 bits per heavy atom. The molecule has 4 unspecified atom stereocenters. The van der Waals surface area contributed by atoms with Crippen LogP contribution in [0, 0.1) is 22.0 Å². The van der Waals surface area contributed by atoms with E-state index in [1.807, 2.05) is 0 Å². The van der Waals surface area contributed by atoms with E-state index in [2.05, 4.69) is 10.6 Å². The number of nitro benzene ring substituents is 1. The summed E-state index contributed by atoms with van der Waals surface area (Å²) in [5.74, 6) is 0.0216. The fraction of sp³-hybridized carbons (Fsp3) is 0.579. The standard InChI is InChI=1S/C19H25N3O5/c1-27-16-6-5-12-9-14(19(24)21-17(12)11-16)7-8-20-18(23)13-3-2-4-15(10-13)22(25)26/h2-4,10,12,14,16-17H,5-9,11H2,1H3,(H,20,23)(H,21,24). The van der Waals surface area contributed by atoms with Gasteiger partial charge in [0.25, 0.3) is 11.6 Å². The van der Waals surface area contributed by atoms with Crippen LogP contribution in [0.5, 0.6) is 0 Å². The van der Waals surface area contributed by atoms with Gasteiger partial charge in [0.2, 0.25) is 5.91 Å². The second-order valence-corrected chi connectivity index (χ2v) is 7.33. The Labute approximate surface area is 157 Å². The molecule has 4 atom stereocenters. The smallest absolute Gasteiger partial charge is 0.270 e. The second-order valence-electron chi connectivity index (χ2n) is 7.33. The molecule has 146 valence electrons. The Hall–Kier alpha value is -2.48. The number of benzene rings is 1. The molecule has 3 rings (SSSR count). The van der Waals surface area contributed by atoms with E-state index in [0.29, 0.717) is 18.9 Å². The van der Waals surface area contributed by atoms with Crippen LogP contribution in [0.4, 0.5) is 5.69 Å². The fourth-order valence-electron chi connectivity index (χ4n) is 4.11. The van der Waals surface area contributed by atoms with Gasteiger partial charge in [0.15, 0.2) is 0 Å². The van der Waals surface area contributed by atoms with Crippen molar-refractivity contribution < 1.29 is 19.2 Å². The van der Waals surface area contributed by atoms with Gasteiger partial charge in [-0.05, 0) is 44.1 Å². The van der Waals surface area contributed by atoms with Crippen LogP contribution in [0.25, 0.3) is 0 Å². The highest BCUT2D eigenvalue weighted by molar-refractivity contribution is 5.94. The highest BCUT2D eigenvalue weighted by atomic mass is 16.6. The maximum absolute atomic E-state index is 12.4. The zero-order chi connectivity index (χ0) is 19.4. The van der Waals surface area contributed by atoms with Crippen molar-refractivity contribution in [3.05, 3.63) is 39.9 Å². The van der Waals surface area contributed by atoms with Gasteiger partial charge in [-0.25, -0.2) is 0 Å². The zero-order valence-corrected chi connectivity index (χ0v) is 15.3. The lowest BCUT2D eigenvalue weighted by Crippen LogP contribution is -2.53. The SMILES string of the molecule is COC1CCC2CC(CCNC(=O)c3cccc([N+](=O)[O-])c3)C(=O)NC2C1. The minimum Gasteiger partial charge on any atom is -0.381 e. The van der Waals surface area contributed by atoms with Gasteiger partial charge in [0.05, 0.1) is 11.0 Å². The number of nitro groups is 1. The van der Waals surface area contributed by atoms with Crippen LogP contribution in [0.3, 0.4) is 0 Å². The summed E-state index contributed by atoms with van der Waals surface area (Å²) in [5.41, 5.74) is 0.127. The molecule has 8 nitrogen and oxygen atoms in total. The molecule has 1 saturated heterocycles. The summed E-state index contributed by atoms with van der Waals surface area (Å²) in [5, 5.41) is 16.7. The fourth-order valence-corrected chi connectivity index (χ4v) is 4.11. The molecule has 0 radical (unpaired) electrons. The minimum atomic E-state index is -0.530. The molecule has 0 spiro atoms. The molecule has 2 fully saturated rings. The number of ether oxygens (including phenoxy) is 1. The number of carbonyl (C=O) groups is 2. The minimum absolute atomic E-state index is 0.0394. The third-order valence-electron chi connectivity index (χ3n) is 5.66. The van der Waals surface area contributed by atoms with Gasteiger partial charge >= 0.3 is 0 Å². The van der Waals surface area contributed by atoms with E-state index in [-0.39, 0.29) is 41.1 Å². The van der Waals surface area contributed by atoms with Gasteiger partial charge in [-0.15, -0.1) is 0 Å². The molecule has 0 aromatic heterocycles. The van der Waals surface area contributed by atoms with Crippen LogP contribution in [0.2, 0.25) is 0 Å². The number of non-ortho nitro benzene ring substituents is 1. The zero-order valence-electron chi connectivity index (χ0n) is 15.3. The van der Waals surface area contributed by atoms with E-state index in [9.17, 15) is 19.7 Å². The van der Waals surface area contributed by atoms with Crippen LogP contribution in [-0.4, -0.2) is 42.5 Å². The summed E-state index contributed by atoms with van der Waals surface area (Å²) in [4.78, 5) is 34.8.